The Morgan fingerprint density at radius 1 is 1.21 bits per heavy atom. The van der Waals surface area contributed by atoms with Crippen LogP contribution >= 0.6 is 0 Å². The number of nitriles is 1. The van der Waals surface area contributed by atoms with Crippen molar-refractivity contribution in [3.05, 3.63) is 65.2 Å². The molecule has 2 aromatic rings. The summed E-state index contributed by atoms with van der Waals surface area (Å²) in [4.78, 5) is 14.0. The molecule has 0 heterocycles. The van der Waals surface area contributed by atoms with Crippen LogP contribution in [0, 0.1) is 11.3 Å². The summed E-state index contributed by atoms with van der Waals surface area (Å²) < 4.78 is 24.9. The van der Waals surface area contributed by atoms with Gasteiger partial charge in [-0.05, 0) is 35.9 Å². The van der Waals surface area contributed by atoms with Crippen molar-refractivity contribution in [2.45, 2.75) is 6.54 Å². The molecule has 6 nitrogen and oxygen atoms in total. The van der Waals surface area contributed by atoms with Gasteiger partial charge in [-0.2, -0.15) is 5.26 Å². The van der Waals surface area contributed by atoms with Crippen molar-refractivity contribution in [1.82, 2.24) is 4.90 Å². The van der Waals surface area contributed by atoms with Gasteiger partial charge >= 0.3 is 0 Å². The standard InChI is InChI=1S/C17H17N3O3S/c1-20(12-14-8-6-13(11-18)7-9-14)17(21)15-4-3-5-16(10-15)19-24(2,22)23/h3-10,19H,12H2,1-2H3. The quantitative estimate of drug-likeness (QED) is 0.901. The molecule has 0 saturated carbocycles. The van der Waals surface area contributed by atoms with E-state index < -0.39 is 10.0 Å². The molecule has 0 atom stereocenters. The van der Waals surface area contributed by atoms with E-state index in [1.807, 2.05) is 6.07 Å². The summed E-state index contributed by atoms with van der Waals surface area (Å²) >= 11 is 0. The fraction of sp³-hybridized carbons (Fsp3) is 0.176. The summed E-state index contributed by atoms with van der Waals surface area (Å²) in [7, 11) is -1.73. The van der Waals surface area contributed by atoms with Crippen molar-refractivity contribution in [2.75, 3.05) is 18.0 Å². The van der Waals surface area contributed by atoms with E-state index in [4.69, 9.17) is 5.26 Å². The Kier molecular flexibility index (Phi) is 5.21. The van der Waals surface area contributed by atoms with Gasteiger partial charge in [-0.25, -0.2) is 8.42 Å². The third kappa shape index (κ3) is 4.83. The topological polar surface area (TPSA) is 90.3 Å². The van der Waals surface area contributed by atoms with E-state index in [1.165, 1.54) is 11.0 Å². The van der Waals surface area contributed by atoms with Crippen LogP contribution in [0.15, 0.2) is 48.5 Å². The first-order valence-corrected chi connectivity index (χ1v) is 9.00. The van der Waals surface area contributed by atoms with Crippen molar-refractivity contribution in [3.63, 3.8) is 0 Å². The molecule has 0 bridgehead atoms. The Labute approximate surface area is 141 Å². The average Bonchev–Trinajstić information content (AvgIpc) is 2.53. The molecule has 124 valence electrons. The van der Waals surface area contributed by atoms with Crippen LogP contribution in [0.2, 0.25) is 0 Å². The number of nitrogens with zero attached hydrogens (tertiary/aromatic N) is 2. The molecule has 7 heteroatoms. The SMILES string of the molecule is CN(Cc1ccc(C#N)cc1)C(=O)c1cccc(NS(C)(=O)=O)c1. The zero-order chi connectivity index (χ0) is 17.7. The van der Waals surface area contributed by atoms with Gasteiger partial charge < -0.3 is 4.90 Å². The molecule has 0 aliphatic carbocycles. The first kappa shape index (κ1) is 17.5. The average molecular weight is 343 g/mol. The maximum atomic E-state index is 12.5. The molecule has 0 spiro atoms. The molecule has 2 aromatic carbocycles. The summed E-state index contributed by atoms with van der Waals surface area (Å²) in [5.41, 5.74) is 2.19. The van der Waals surface area contributed by atoms with Crippen molar-refractivity contribution < 1.29 is 13.2 Å². The molecule has 0 aromatic heterocycles. The van der Waals surface area contributed by atoms with Gasteiger partial charge in [0.15, 0.2) is 0 Å². The van der Waals surface area contributed by atoms with Crippen molar-refractivity contribution in [3.8, 4) is 6.07 Å². The molecule has 1 N–H and O–H groups in total. The van der Waals surface area contributed by atoms with Gasteiger partial charge in [-0.3, -0.25) is 9.52 Å². The van der Waals surface area contributed by atoms with Gasteiger partial charge in [0, 0.05) is 24.8 Å². The first-order chi connectivity index (χ1) is 11.3. The van der Waals surface area contributed by atoms with Crippen LogP contribution in [0.1, 0.15) is 21.5 Å². The largest absolute Gasteiger partial charge is 0.337 e. The third-order valence-electron chi connectivity index (χ3n) is 3.26. The lowest BCUT2D eigenvalue weighted by Gasteiger charge is -2.18. The minimum atomic E-state index is -3.40. The van der Waals surface area contributed by atoms with Crippen molar-refractivity contribution in [1.29, 1.82) is 5.26 Å². The number of hydrogen-bond acceptors (Lipinski definition) is 4. The first-order valence-electron chi connectivity index (χ1n) is 7.11. The Hall–Kier alpha value is -2.85. The summed E-state index contributed by atoms with van der Waals surface area (Å²) in [5.74, 6) is -0.225. The third-order valence-corrected chi connectivity index (χ3v) is 3.87. The molecule has 1 amide bonds. The number of nitrogens with one attached hydrogen (secondary N) is 1. The molecule has 2 rings (SSSR count). The molecular formula is C17H17N3O3S. The number of carbonyl (C=O) groups is 1. The van der Waals surface area contributed by atoms with Crippen LogP contribution in [-0.2, 0) is 16.6 Å². The van der Waals surface area contributed by atoms with Gasteiger partial charge in [-0.15, -0.1) is 0 Å². The zero-order valence-electron chi connectivity index (χ0n) is 13.4. The van der Waals surface area contributed by atoms with Crippen LogP contribution in [0.25, 0.3) is 0 Å². The number of sulfonamides is 1. The molecule has 0 aliphatic heterocycles. The number of carbonyl (C=O) groups excluding carboxylic acids is 1. The number of anilines is 1. The van der Waals surface area contributed by atoms with Crippen LogP contribution in [0.3, 0.4) is 0 Å². The van der Waals surface area contributed by atoms with Crippen LogP contribution in [0.4, 0.5) is 5.69 Å². The van der Waals surface area contributed by atoms with Crippen molar-refractivity contribution >= 4 is 21.6 Å². The second-order valence-electron chi connectivity index (χ2n) is 5.42. The highest BCUT2D eigenvalue weighted by Crippen LogP contribution is 2.15. The normalized spacial score (nSPS) is 10.7. The van der Waals surface area contributed by atoms with Crippen molar-refractivity contribution in [2.24, 2.45) is 0 Å². The fourth-order valence-corrected chi connectivity index (χ4v) is 2.74. The highest BCUT2D eigenvalue weighted by molar-refractivity contribution is 7.92. The van der Waals surface area contributed by atoms with Gasteiger partial charge in [0.05, 0.1) is 17.9 Å². The summed E-state index contributed by atoms with van der Waals surface area (Å²) in [6.45, 7) is 0.383. The van der Waals surface area contributed by atoms with Crippen LogP contribution < -0.4 is 4.72 Å². The predicted molar refractivity (Wildman–Crippen MR) is 91.9 cm³/mol. The summed E-state index contributed by atoms with van der Waals surface area (Å²) in [6.07, 6.45) is 1.05. The van der Waals surface area contributed by atoms with Crippen LogP contribution in [-0.4, -0.2) is 32.5 Å². The summed E-state index contributed by atoms with van der Waals surface area (Å²) in [6, 6.07) is 15.4. The summed E-state index contributed by atoms with van der Waals surface area (Å²) in [5, 5.41) is 8.79. The lowest BCUT2D eigenvalue weighted by molar-refractivity contribution is 0.0785. The van der Waals surface area contributed by atoms with E-state index in [0.717, 1.165) is 11.8 Å². The van der Waals surface area contributed by atoms with E-state index in [0.29, 0.717) is 23.4 Å². The minimum absolute atomic E-state index is 0.225. The fourth-order valence-electron chi connectivity index (χ4n) is 2.18. The van der Waals surface area contributed by atoms with E-state index in [1.54, 1.807) is 49.5 Å². The second-order valence-corrected chi connectivity index (χ2v) is 7.17. The maximum Gasteiger partial charge on any atom is 0.253 e. The smallest absolute Gasteiger partial charge is 0.253 e. The number of rotatable bonds is 5. The highest BCUT2D eigenvalue weighted by atomic mass is 32.2. The van der Waals surface area contributed by atoms with Crippen LogP contribution in [0.5, 0.6) is 0 Å². The number of benzene rings is 2. The van der Waals surface area contributed by atoms with E-state index >= 15 is 0 Å². The zero-order valence-corrected chi connectivity index (χ0v) is 14.2. The van der Waals surface area contributed by atoms with Gasteiger partial charge in [0.1, 0.15) is 0 Å². The molecule has 24 heavy (non-hydrogen) atoms. The van der Waals surface area contributed by atoms with Gasteiger partial charge in [0.25, 0.3) is 5.91 Å². The lowest BCUT2D eigenvalue weighted by atomic mass is 10.1. The number of hydrogen-bond donors (Lipinski definition) is 1. The Bertz CT molecular complexity index is 884. The maximum absolute atomic E-state index is 12.5. The highest BCUT2D eigenvalue weighted by Gasteiger charge is 2.13. The van der Waals surface area contributed by atoms with E-state index in [2.05, 4.69) is 4.72 Å². The Morgan fingerprint density at radius 3 is 2.46 bits per heavy atom. The molecule has 0 saturated heterocycles. The Balaban J connectivity index is 2.12. The molecule has 0 fully saturated rings. The molecule has 0 unspecified atom stereocenters. The van der Waals surface area contributed by atoms with Gasteiger partial charge in [-0.1, -0.05) is 18.2 Å². The predicted octanol–water partition coefficient (Wildman–Crippen LogP) is 2.20. The molecular weight excluding hydrogens is 326 g/mol. The van der Waals surface area contributed by atoms with E-state index in [-0.39, 0.29) is 5.91 Å². The number of amides is 1. The molecule has 0 radical (unpaired) electrons. The minimum Gasteiger partial charge on any atom is -0.337 e. The monoisotopic (exact) mass is 343 g/mol. The van der Waals surface area contributed by atoms with E-state index in [9.17, 15) is 13.2 Å². The lowest BCUT2D eigenvalue weighted by Crippen LogP contribution is -2.26. The van der Waals surface area contributed by atoms with Gasteiger partial charge in [0.2, 0.25) is 10.0 Å². The second kappa shape index (κ2) is 7.15. The Morgan fingerprint density at radius 2 is 1.88 bits per heavy atom. The molecule has 0 aliphatic rings.